The number of rotatable bonds is 4. The fourth-order valence-corrected chi connectivity index (χ4v) is 2.79. The maximum atomic E-state index is 12.9. The van der Waals surface area contributed by atoms with E-state index in [-0.39, 0.29) is 16.8 Å². The minimum absolute atomic E-state index is 0.0327. The topological polar surface area (TPSA) is 71.8 Å². The lowest BCUT2D eigenvalue weighted by molar-refractivity contribution is -0.122. The van der Waals surface area contributed by atoms with Crippen LogP contribution in [0.25, 0.3) is 6.08 Å². The van der Waals surface area contributed by atoms with Crippen molar-refractivity contribution in [3.63, 3.8) is 0 Å². The minimum Gasteiger partial charge on any atom is -0.491 e. The second kappa shape index (κ2) is 7.13. The molecule has 134 valence electrons. The van der Waals surface area contributed by atoms with Crippen molar-refractivity contribution in [1.29, 1.82) is 0 Å². The van der Waals surface area contributed by atoms with E-state index in [1.54, 1.807) is 43.3 Å². The van der Waals surface area contributed by atoms with Crippen LogP contribution in [-0.4, -0.2) is 23.0 Å². The van der Waals surface area contributed by atoms with Gasteiger partial charge in [0.1, 0.15) is 22.8 Å². The Morgan fingerprint density at radius 1 is 1.15 bits per heavy atom. The van der Waals surface area contributed by atoms with Gasteiger partial charge in [0.2, 0.25) is 0 Å². The van der Waals surface area contributed by atoms with Crippen LogP contribution < -0.4 is 15.0 Å². The van der Waals surface area contributed by atoms with Gasteiger partial charge in [-0.15, -0.1) is 0 Å². The Morgan fingerprint density at radius 3 is 2.42 bits per heavy atom. The summed E-state index contributed by atoms with van der Waals surface area (Å²) in [7, 11) is 0. The number of benzene rings is 1. The number of carbonyl (C=O) groups is 2. The van der Waals surface area contributed by atoms with E-state index < -0.39 is 11.8 Å². The van der Waals surface area contributed by atoms with E-state index >= 15 is 0 Å². The Balaban J connectivity index is 1.91. The van der Waals surface area contributed by atoms with Crippen LogP contribution in [0.15, 0.2) is 46.4 Å². The molecule has 26 heavy (non-hydrogen) atoms. The van der Waals surface area contributed by atoms with Crippen LogP contribution in [0.4, 0.5) is 5.69 Å². The van der Waals surface area contributed by atoms with Crippen molar-refractivity contribution >= 4 is 40.9 Å². The molecule has 0 unspecified atom stereocenters. The van der Waals surface area contributed by atoms with Crippen LogP contribution in [0, 0.1) is 6.92 Å². The highest BCUT2D eigenvalue weighted by Crippen LogP contribution is 2.25. The molecule has 1 aromatic carbocycles. The first-order valence-corrected chi connectivity index (χ1v) is 8.50. The number of anilines is 1. The maximum Gasteiger partial charge on any atom is 0.270 e. The molecule has 1 aliphatic rings. The van der Waals surface area contributed by atoms with Gasteiger partial charge in [0.05, 0.1) is 11.8 Å². The number of carbonyl (C=O) groups excluding carboxylic acids is 2. The van der Waals surface area contributed by atoms with Gasteiger partial charge in [-0.2, -0.15) is 0 Å². The predicted octanol–water partition coefficient (Wildman–Crippen LogP) is 3.21. The Labute approximate surface area is 156 Å². The summed E-state index contributed by atoms with van der Waals surface area (Å²) in [5.74, 6) is 0.739. The zero-order chi connectivity index (χ0) is 18.8. The molecule has 0 saturated carbocycles. The lowest BCUT2D eigenvalue weighted by Gasteiger charge is -2.28. The van der Waals surface area contributed by atoms with Crippen molar-refractivity contribution in [2.75, 3.05) is 4.90 Å². The van der Waals surface area contributed by atoms with Crippen LogP contribution in [0.1, 0.15) is 25.4 Å². The van der Waals surface area contributed by atoms with Gasteiger partial charge in [0.15, 0.2) is 5.11 Å². The smallest absolute Gasteiger partial charge is 0.270 e. The SMILES string of the molecule is Cc1ccc(/C=C2\C(=O)NC(=S)N(c3ccc(OC(C)C)cc3)C2=O)o1. The third-order valence-electron chi connectivity index (χ3n) is 3.62. The summed E-state index contributed by atoms with van der Waals surface area (Å²) in [6.07, 6.45) is 1.46. The molecule has 1 aromatic heterocycles. The van der Waals surface area contributed by atoms with Gasteiger partial charge in [0.25, 0.3) is 11.8 Å². The van der Waals surface area contributed by atoms with E-state index in [4.69, 9.17) is 21.4 Å². The summed E-state index contributed by atoms with van der Waals surface area (Å²) in [6.45, 7) is 5.65. The molecule has 1 aliphatic heterocycles. The zero-order valence-electron chi connectivity index (χ0n) is 14.6. The quantitative estimate of drug-likeness (QED) is 0.508. The number of furan rings is 1. The normalized spacial score (nSPS) is 16.4. The molecule has 2 heterocycles. The number of amides is 2. The monoisotopic (exact) mass is 370 g/mol. The van der Waals surface area contributed by atoms with E-state index in [9.17, 15) is 9.59 Å². The summed E-state index contributed by atoms with van der Waals surface area (Å²) < 4.78 is 11.0. The van der Waals surface area contributed by atoms with E-state index in [2.05, 4.69) is 5.32 Å². The molecule has 0 spiro atoms. The van der Waals surface area contributed by atoms with Crippen molar-refractivity contribution < 1.29 is 18.7 Å². The number of hydrogen-bond acceptors (Lipinski definition) is 5. The average molecular weight is 370 g/mol. The summed E-state index contributed by atoms with van der Waals surface area (Å²) in [6, 6.07) is 10.4. The van der Waals surface area contributed by atoms with Crippen LogP contribution >= 0.6 is 12.2 Å². The van der Waals surface area contributed by atoms with Gasteiger partial charge >= 0.3 is 0 Å². The average Bonchev–Trinajstić information content (AvgIpc) is 2.97. The van der Waals surface area contributed by atoms with Gasteiger partial charge in [-0.25, -0.2) is 0 Å². The van der Waals surface area contributed by atoms with E-state index in [1.807, 2.05) is 13.8 Å². The number of nitrogens with zero attached hydrogens (tertiary/aromatic N) is 1. The number of ether oxygens (including phenoxy) is 1. The zero-order valence-corrected chi connectivity index (χ0v) is 15.4. The van der Waals surface area contributed by atoms with Crippen molar-refractivity contribution in [3.05, 3.63) is 53.5 Å². The third kappa shape index (κ3) is 3.67. The van der Waals surface area contributed by atoms with Gasteiger partial charge < -0.3 is 9.15 Å². The van der Waals surface area contributed by atoms with Crippen molar-refractivity contribution in [1.82, 2.24) is 5.32 Å². The lowest BCUT2D eigenvalue weighted by atomic mass is 10.1. The molecule has 7 heteroatoms. The van der Waals surface area contributed by atoms with Gasteiger partial charge in [0, 0.05) is 0 Å². The first kappa shape index (κ1) is 17.9. The third-order valence-corrected chi connectivity index (χ3v) is 3.90. The number of hydrogen-bond donors (Lipinski definition) is 1. The molecule has 0 atom stereocenters. The Hall–Kier alpha value is -2.93. The van der Waals surface area contributed by atoms with Gasteiger partial charge in [-0.1, -0.05) is 0 Å². The van der Waals surface area contributed by atoms with Crippen molar-refractivity contribution in [2.24, 2.45) is 0 Å². The Kier molecular flexibility index (Phi) is 4.90. The molecular formula is C19H18N2O4S. The van der Waals surface area contributed by atoms with Crippen LogP contribution in [0.3, 0.4) is 0 Å². The number of thiocarbonyl (C=S) groups is 1. The summed E-state index contributed by atoms with van der Waals surface area (Å²) >= 11 is 5.18. The molecule has 0 radical (unpaired) electrons. The van der Waals surface area contributed by atoms with Crippen molar-refractivity contribution in [3.8, 4) is 5.75 Å². The first-order valence-electron chi connectivity index (χ1n) is 8.10. The fraction of sp³-hybridized carbons (Fsp3) is 0.211. The van der Waals surface area contributed by atoms with E-state index in [0.29, 0.717) is 23.0 Å². The molecule has 3 rings (SSSR count). The van der Waals surface area contributed by atoms with Gasteiger partial charge in [-0.3, -0.25) is 19.8 Å². The summed E-state index contributed by atoms with van der Waals surface area (Å²) in [4.78, 5) is 26.3. The molecule has 1 N–H and O–H groups in total. The molecule has 1 saturated heterocycles. The van der Waals surface area contributed by atoms with E-state index in [1.165, 1.54) is 11.0 Å². The fourth-order valence-electron chi connectivity index (χ4n) is 2.51. The van der Waals surface area contributed by atoms with Crippen LogP contribution in [0.5, 0.6) is 5.75 Å². The highest BCUT2D eigenvalue weighted by Gasteiger charge is 2.34. The summed E-state index contributed by atoms with van der Waals surface area (Å²) in [5, 5.41) is 2.57. The van der Waals surface area contributed by atoms with E-state index in [0.717, 1.165) is 0 Å². The molecule has 1 fully saturated rings. The standard InChI is InChI=1S/C19H18N2O4S/c1-11(2)24-14-8-5-13(6-9-14)21-18(23)16(17(22)20-19(21)26)10-15-7-4-12(3)25-15/h4-11H,1-3H3,(H,20,22,26)/b16-10+. The second-order valence-corrected chi connectivity index (χ2v) is 6.45. The lowest BCUT2D eigenvalue weighted by Crippen LogP contribution is -2.54. The molecule has 2 aromatic rings. The largest absolute Gasteiger partial charge is 0.491 e. The van der Waals surface area contributed by atoms with Gasteiger partial charge in [-0.05, 0) is 75.5 Å². The van der Waals surface area contributed by atoms with Crippen LogP contribution in [-0.2, 0) is 9.59 Å². The number of nitrogens with one attached hydrogen (secondary N) is 1. The predicted molar refractivity (Wildman–Crippen MR) is 102 cm³/mol. The molecule has 0 bridgehead atoms. The minimum atomic E-state index is -0.551. The van der Waals surface area contributed by atoms with Crippen molar-refractivity contribution in [2.45, 2.75) is 26.9 Å². The second-order valence-electron chi connectivity index (χ2n) is 6.07. The highest BCUT2D eigenvalue weighted by atomic mass is 32.1. The van der Waals surface area contributed by atoms with Crippen LogP contribution in [0.2, 0.25) is 0 Å². The Morgan fingerprint density at radius 2 is 1.85 bits per heavy atom. The highest BCUT2D eigenvalue weighted by molar-refractivity contribution is 7.80. The molecule has 6 nitrogen and oxygen atoms in total. The molecular weight excluding hydrogens is 352 g/mol. The first-order chi connectivity index (χ1) is 12.3. The number of aryl methyl sites for hydroxylation is 1. The molecule has 2 amide bonds. The Bertz CT molecular complexity index is 897. The molecule has 0 aliphatic carbocycles. The summed E-state index contributed by atoms with van der Waals surface area (Å²) in [5.41, 5.74) is 0.494. The maximum absolute atomic E-state index is 12.9.